The number of hydrogen-bond acceptors (Lipinski definition) is 3. The van der Waals surface area contributed by atoms with Gasteiger partial charge in [-0.2, -0.15) is 0 Å². The van der Waals surface area contributed by atoms with Gasteiger partial charge in [0, 0.05) is 15.8 Å². The molecule has 0 saturated heterocycles. The Hall–Kier alpha value is -2.18. The van der Waals surface area contributed by atoms with Crippen molar-refractivity contribution in [2.45, 2.75) is 33.7 Å². The van der Waals surface area contributed by atoms with Crippen LogP contribution in [0.5, 0.6) is 0 Å². The van der Waals surface area contributed by atoms with Crippen LogP contribution in [0.3, 0.4) is 0 Å². The van der Waals surface area contributed by atoms with Gasteiger partial charge in [-0.15, -0.1) is 0 Å². The number of hydrogen-bond donors (Lipinski definition) is 2. The third-order valence-electron chi connectivity index (χ3n) is 4.49. The second kappa shape index (κ2) is 9.15. The number of amides is 2. The molecule has 0 aliphatic carbocycles. The molecule has 6 heteroatoms. The van der Waals surface area contributed by atoms with E-state index in [1.807, 2.05) is 57.2 Å². The van der Waals surface area contributed by atoms with Gasteiger partial charge in [0.25, 0.3) is 0 Å². The smallest absolute Gasteiger partial charge is 0.241 e. The molecule has 0 heterocycles. The zero-order valence-corrected chi connectivity index (χ0v) is 18.0. The molecule has 0 bridgehead atoms. The summed E-state index contributed by atoms with van der Waals surface area (Å²) in [5.41, 5.74) is 4.79. The molecule has 5 nitrogen and oxygen atoms in total. The number of carbonyl (C=O) groups excluding carboxylic acids is 2. The van der Waals surface area contributed by atoms with E-state index < -0.39 is 6.04 Å². The van der Waals surface area contributed by atoms with Crippen molar-refractivity contribution >= 4 is 39.1 Å². The summed E-state index contributed by atoms with van der Waals surface area (Å²) in [4.78, 5) is 26.6. The van der Waals surface area contributed by atoms with E-state index in [0.29, 0.717) is 0 Å². The lowest BCUT2D eigenvalue weighted by molar-refractivity contribution is -0.122. The maximum absolute atomic E-state index is 12.4. The fourth-order valence-corrected chi connectivity index (χ4v) is 3.16. The molecule has 0 aromatic heterocycles. The van der Waals surface area contributed by atoms with Crippen LogP contribution in [0, 0.1) is 20.8 Å². The number of nitrogens with zero attached hydrogens (tertiary/aromatic N) is 1. The van der Waals surface area contributed by atoms with Gasteiger partial charge in [-0.1, -0.05) is 33.6 Å². The highest BCUT2D eigenvalue weighted by molar-refractivity contribution is 9.10. The molecule has 0 saturated carbocycles. The lowest BCUT2D eigenvalue weighted by atomic mass is 10.1. The summed E-state index contributed by atoms with van der Waals surface area (Å²) in [5, 5.41) is 5.83. The van der Waals surface area contributed by atoms with Gasteiger partial charge in [0.2, 0.25) is 11.8 Å². The molecular weight excluding hydrogens is 406 g/mol. The highest BCUT2D eigenvalue weighted by atomic mass is 79.9. The zero-order chi connectivity index (χ0) is 20.1. The van der Waals surface area contributed by atoms with Crippen molar-refractivity contribution in [3.05, 3.63) is 57.6 Å². The minimum Gasteiger partial charge on any atom is -0.325 e. The number of benzene rings is 2. The standard InChI is InChI=1S/C21H26BrN3O2/c1-13-10-14(2)20(15(3)11-13)24-19(26)12-25(5)16(4)21(27)23-18-8-6-17(22)7-9-18/h6-11,16H,12H2,1-5H3,(H,23,27)(H,24,26). The lowest BCUT2D eigenvalue weighted by Crippen LogP contribution is -2.43. The Balaban J connectivity index is 1.95. The predicted molar refractivity (Wildman–Crippen MR) is 114 cm³/mol. The average Bonchev–Trinajstić information content (AvgIpc) is 2.59. The third-order valence-corrected chi connectivity index (χ3v) is 5.02. The SMILES string of the molecule is Cc1cc(C)c(NC(=O)CN(C)C(C)C(=O)Nc2ccc(Br)cc2)c(C)c1. The van der Waals surface area contributed by atoms with Crippen molar-refractivity contribution in [2.24, 2.45) is 0 Å². The molecule has 0 spiro atoms. The first-order chi connectivity index (χ1) is 12.7. The quantitative estimate of drug-likeness (QED) is 0.717. The first kappa shape index (κ1) is 21.1. The predicted octanol–water partition coefficient (Wildman–Crippen LogP) is 4.27. The minimum atomic E-state index is -0.445. The van der Waals surface area contributed by atoms with Crippen LogP contribution in [0.4, 0.5) is 11.4 Å². The van der Waals surface area contributed by atoms with E-state index in [0.717, 1.165) is 27.0 Å². The normalized spacial score (nSPS) is 12.0. The Morgan fingerprint density at radius 3 is 2.15 bits per heavy atom. The molecular formula is C21H26BrN3O2. The van der Waals surface area contributed by atoms with Crippen molar-refractivity contribution in [1.29, 1.82) is 0 Å². The maximum Gasteiger partial charge on any atom is 0.241 e. The Labute approximate surface area is 169 Å². The fourth-order valence-electron chi connectivity index (χ4n) is 2.90. The molecule has 2 aromatic carbocycles. The lowest BCUT2D eigenvalue weighted by Gasteiger charge is -2.24. The topological polar surface area (TPSA) is 61.4 Å². The summed E-state index contributed by atoms with van der Waals surface area (Å²) in [5.74, 6) is -0.300. The number of nitrogens with one attached hydrogen (secondary N) is 2. The maximum atomic E-state index is 12.4. The van der Waals surface area contributed by atoms with Gasteiger partial charge >= 0.3 is 0 Å². The fraction of sp³-hybridized carbons (Fsp3) is 0.333. The highest BCUT2D eigenvalue weighted by Crippen LogP contribution is 2.22. The molecule has 2 aromatic rings. The average molecular weight is 432 g/mol. The van der Waals surface area contributed by atoms with Crippen LogP contribution in [0.2, 0.25) is 0 Å². The van der Waals surface area contributed by atoms with Crippen LogP contribution in [0.1, 0.15) is 23.6 Å². The molecule has 0 fully saturated rings. The van der Waals surface area contributed by atoms with Crippen LogP contribution < -0.4 is 10.6 Å². The van der Waals surface area contributed by atoms with Crippen LogP contribution >= 0.6 is 15.9 Å². The van der Waals surface area contributed by atoms with Gasteiger partial charge in [0.1, 0.15) is 0 Å². The molecule has 1 atom stereocenters. The number of halogens is 1. The number of anilines is 2. The highest BCUT2D eigenvalue weighted by Gasteiger charge is 2.21. The molecule has 0 radical (unpaired) electrons. The molecule has 1 unspecified atom stereocenters. The minimum absolute atomic E-state index is 0.127. The summed E-state index contributed by atoms with van der Waals surface area (Å²) < 4.78 is 0.948. The Kier molecular flexibility index (Phi) is 7.16. The number of rotatable bonds is 6. The van der Waals surface area contributed by atoms with Crippen LogP contribution in [0.15, 0.2) is 40.9 Å². The molecule has 2 amide bonds. The van der Waals surface area contributed by atoms with Crippen molar-refractivity contribution < 1.29 is 9.59 Å². The summed E-state index contributed by atoms with van der Waals surface area (Å²) in [6, 6.07) is 11.0. The van der Waals surface area contributed by atoms with E-state index in [9.17, 15) is 9.59 Å². The van der Waals surface area contributed by atoms with Crippen molar-refractivity contribution in [3.63, 3.8) is 0 Å². The van der Waals surface area contributed by atoms with Gasteiger partial charge in [-0.25, -0.2) is 0 Å². The largest absolute Gasteiger partial charge is 0.325 e. The Morgan fingerprint density at radius 2 is 1.59 bits per heavy atom. The van der Waals surface area contributed by atoms with Crippen molar-refractivity contribution in [2.75, 3.05) is 24.2 Å². The van der Waals surface area contributed by atoms with E-state index in [2.05, 4.69) is 26.6 Å². The zero-order valence-electron chi connectivity index (χ0n) is 16.4. The van der Waals surface area contributed by atoms with E-state index in [1.54, 1.807) is 18.9 Å². The summed E-state index contributed by atoms with van der Waals surface area (Å²) in [6.07, 6.45) is 0. The van der Waals surface area contributed by atoms with Gasteiger partial charge < -0.3 is 10.6 Å². The molecule has 0 aliphatic rings. The van der Waals surface area contributed by atoms with Gasteiger partial charge in [-0.3, -0.25) is 14.5 Å². The molecule has 2 rings (SSSR count). The molecule has 2 N–H and O–H groups in total. The van der Waals surface area contributed by atoms with Crippen LogP contribution in [-0.4, -0.2) is 36.3 Å². The van der Waals surface area contributed by atoms with Gasteiger partial charge in [-0.05, 0) is 70.1 Å². The number of aryl methyl sites for hydroxylation is 3. The molecule has 27 heavy (non-hydrogen) atoms. The summed E-state index contributed by atoms with van der Waals surface area (Å²) in [6.45, 7) is 7.90. The van der Waals surface area contributed by atoms with E-state index >= 15 is 0 Å². The first-order valence-electron chi connectivity index (χ1n) is 8.81. The summed E-state index contributed by atoms with van der Waals surface area (Å²) in [7, 11) is 1.76. The second-order valence-electron chi connectivity index (χ2n) is 6.91. The van der Waals surface area contributed by atoms with Gasteiger partial charge in [0.15, 0.2) is 0 Å². The number of carbonyl (C=O) groups is 2. The van der Waals surface area contributed by atoms with Crippen molar-refractivity contribution in [3.8, 4) is 0 Å². The first-order valence-corrected chi connectivity index (χ1v) is 9.61. The number of likely N-dealkylation sites (N-methyl/N-ethyl adjacent to an activating group) is 1. The molecule has 144 valence electrons. The summed E-state index contributed by atoms with van der Waals surface area (Å²) >= 11 is 3.37. The third kappa shape index (κ3) is 5.91. The van der Waals surface area contributed by atoms with E-state index in [-0.39, 0.29) is 18.4 Å². The van der Waals surface area contributed by atoms with Crippen molar-refractivity contribution in [1.82, 2.24) is 4.90 Å². The van der Waals surface area contributed by atoms with Gasteiger partial charge in [0.05, 0.1) is 12.6 Å². The molecule has 0 aliphatic heterocycles. The van der Waals surface area contributed by atoms with Crippen LogP contribution in [-0.2, 0) is 9.59 Å². The Bertz CT molecular complexity index is 811. The van der Waals surface area contributed by atoms with E-state index in [1.165, 1.54) is 5.56 Å². The second-order valence-corrected chi connectivity index (χ2v) is 7.82. The monoisotopic (exact) mass is 431 g/mol. The Morgan fingerprint density at radius 1 is 1.04 bits per heavy atom. The van der Waals surface area contributed by atoms with E-state index in [4.69, 9.17) is 0 Å². The van der Waals surface area contributed by atoms with Crippen LogP contribution in [0.25, 0.3) is 0 Å².